The Morgan fingerprint density at radius 1 is 0.379 bits per heavy atom. The highest BCUT2D eigenvalue weighted by Crippen LogP contribution is 2.58. The number of nitrogen functional groups attached to an aromatic ring is 5. The number of nitrogens with one attached hydrogen (secondary N) is 2. The van der Waals surface area contributed by atoms with E-state index in [0.717, 1.165) is 20.0 Å². The first-order valence-corrected chi connectivity index (χ1v) is 57.0. The molecule has 6 fully saturated rings. The molecular weight excluding hydrogens is 2130 g/mol. The number of nitrogens with two attached hydrogens (primary N) is 5. The summed E-state index contributed by atoms with van der Waals surface area (Å²) < 4.78 is 167. The maximum Gasteiger partial charge on any atom is 0.351 e. The monoisotopic (exact) mass is 2240 g/mol. The van der Waals surface area contributed by atoms with Gasteiger partial charge in [-0.2, -0.15) is 15.0 Å². The summed E-state index contributed by atoms with van der Waals surface area (Å²) in [7, 11) is 6.90. The van der Waals surface area contributed by atoms with Gasteiger partial charge in [0.05, 0.1) is 130 Å². The number of fused-ring (bicyclic) bond motifs is 3. The number of hydrogen-bond donors (Lipinski definition) is 13. The van der Waals surface area contributed by atoms with Gasteiger partial charge in [-0.15, -0.1) is 0 Å². The molecule has 0 aromatic carbocycles. The number of aliphatic hydroxyl groups excluding tert-OH is 1. The summed E-state index contributed by atoms with van der Waals surface area (Å²) in [6.45, 7) is -23.9. The average Bonchev–Trinajstić information content (AvgIpc) is 1.60. The van der Waals surface area contributed by atoms with Crippen molar-refractivity contribution in [2.24, 2.45) is 0 Å². The van der Waals surface area contributed by atoms with Crippen LogP contribution in [-0.4, -0.2) is 355 Å². The van der Waals surface area contributed by atoms with E-state index in [9.17, 15) is 53.5 Å². The van der Waals surface area contributed by atoms with E-state index in [1.165, 1.54) is 102 Å². The van der Waals surface area contributed by atoms with Crippen molar-refractivity contribution in [3.63, 3.8) is 0 Å². The predicted octanol–water partition coefficient (Wildman–Crippen LogP) is -1.89. The Bertz CT molecular complexity index is 6630. The van der Waals surface area contributed by atoms with E-state index in [1.54, 1.807) is 18.4 Å². The van der Waals surface area contributed by atoms with Crippen LogP contribution in [0, 0.1) is 20.8 Å². The highest BCUT2D eigenvalue weighted by Gasteiger charge is 2.58. The molecule has 18 N–H and O–H groups in total. The van der Waals surface area contributed by atoms with Crippen molar-refractivity contribution in [1.29, 1.82) is 0 Å². The number of hydrogen-bond acceptors (Lipinski definition) is 52. The predicted molar refractivity (Wildman–Crippen MR) is 518 cm³/mol. The normalized spacial score (nSPS) is 29.2. The lowest BCUT2D eigenvalue weighted by molar-refractivity contribution is -0.0835. The minimum absolute atomic E-state index is 0.0264. The average molecular weight is 2240 g/mol. The number of aromatic nitrogens is 18. The van der Waals surface area contributed by atoms with Gasteiger partial charge in [-0.25, -0.2) is 49.3 Å². The molecule has 6 saturated heterocycles. The van der Waals surface area contributed by atoms with Gasteiger partial charge in [0, 0.05) is 77.3 Å². The molecule has 15 heterocycles. The third kappa shape index (κ3) is 26.3. The fourth-order valence-electron chi connectivity index (χ4n) is 16.5. The molecule has 6 aliphatic rings. The van der Waals surface area contributed by atoms with Crippen LogP contribution in [0.3, 0.4) is 0 Å². The molecule has 0 amide bonds. The molecule has 0 saturated carbocycles. The van der Waals surface area contributed by atoms with Crippen LogP contribution in [0.4, 0.5) is 29.2 Å². The first kappa shape index (κ1) is 112. The Balaban J connectivity index is 0.718. The van der Waals surface area contributed by atoms with Gasteiger partial charge in [0.15, 0.2) is 65.2 Å². The molecule has 60 nitrogen and oxygen atoms in total. The highest BCUT2D eigenvalue weighted by molar-refractivity contribution is 8.08. The number of imidazole rings is 3. The van der Waals surface area contributed by atoms with E-state index >= 15 is 0 Å². The Labute approximate surface area is 846 Å². The second-order valence-electron chi connectivity index (χ2n) is 33.2. The van der Waals surface area contributed by atoms with E-state index in [4.69, 9.17) is 209 Å². The molecule has 9 aromatic rings. The third-order valence-corrected chi connectivity index (χ3v) is 31.3. The second kappa shape index (κ2) is 48.2. The first-order valence-electron chi connectivity index (χ1n) is 44.1. The van der Waals surface area contributed by atoms with Gasteiger partial charge in [-0.05, 0) is 86.7 Å². The Kier molecular flexibility index (Phi) is 37.2. The van der Waals surface area contributed by atoms with Gasteiger partial charge < -0.3 is 161 Å². The third-order valence-electron chi connectivity index (χ3n) is 23.5. The van der Waals surface area contributed by atoms with Crippen molar-refractivity contribution in [3.8, 4) is 0 Å². The van der Waals surface area contributed by atoms with Crippen LogP contribution >= 0.6 is 33.6 Å². The molecule has 0 spiro atoms. The number of aryl methyl sites for hydroxylation is 3. The van der Waals surface area contributed by atoms with Gasteiger partial charge in [-0.1, -0.05) is 0 Å². The smallest absolute Gasteiger partial charge is 0.351 e. The SMILES string of the molecule is COCCOC1[C@@H](OP(O)(=S)OC[C@H]2O[C@@H](n3cnc4c(=O)[nH]c(N)nc43)C(OCCOC)[C@H]2OP(O)(=S)OC[C@H]2O[C@@H](n3cc(C)c(N)nc3=O)C(OCCOC)[C@H]2OP(O)(=S)OC[C@H]2O[C@@H](n3cnc4c(N)ncnc43)C(OCCOC)[C@H]2O)[C@@H](COP(O)(=S)O[C@@H]2C(OCCOC)[C@H](n3cc(C)c(=O)[nH]c3=O)O[C@@H]2COP(O)(=S)O[C@@H]2C[C@H](n3cnc4c(N)ncnc43)O[C@@H]2C)O[C@H]1n1cc(C)c(N)nc1=O. The minimum atomic E-state index is -5.06. The largest absolute Gasteiger partial charge is 0.387 e. The van der Waals surface area contributed by atoms with Gasteiger partial charge in [0.25, 0.3) is 11.1 Å². The number of anilines is 5. The van der Waals surface area contributed by atoms with Crippen molar-refractivity contribution in [2.45, 2.75) is 175 Å². The van der Waals surface area contributed by atoms with Crippen molar-refractivity contribution in [2.75, 3.05) is 163 Å². The summed E-state index contributed by atoms with van der Waals surface area (Å²) in [6, 6.07) is 0. The number of aliphatic hydroxyl groups is 1. The van der Waals surface area contributed by atoms with Gasteiger partial charge in [0.1, 0.15) is 133 Å². The molecule has 70 heteroatoms. The maximum atomic E-state index is 14.2. The maximum absolute atomic E-state index is 14.2. The summed E-state index contributed by atoms with van der Waals surface area (Å²) in [4.78, 5) is 178. The topological polar surface area (TPSA) is 767 Å². The zero-order valence-corrected chi connectivity index (χ0v) is 86.9. The standard InChI is InChI=1S/C75H108N23O37P5S5/c1-34-21-93(73(102)88-58(34)76)68-54(116-16-11-111-6)50(132-137(106,142)120-24-39-48(99)53(115-15-10-110-5)67(126-39)97-32-86-46-61(79)82-30-84-63(46)97)41(127-68)26-123-140(109,145)135-52-43(130-71(57(52)119-19-14-114-9)98-33-87-47-64(98)90-72(80)91-66(47)101)28-124-139(108,144)134-51-42(128-69(55(51)117-17-12-112-7)94-22-35(2)59(77)89-74(94)103)27-122-138(107,143)133-49-40(129-70(56(49)118-18-13-113-8)95-23-36(3)65(100)92-75(95)104)25-121-136(105,141)131-38-20-44(125-37(38)4)96-31-85-45-60(78)81-29-83-62(45)96/h21-23,29-33,37-44,48-57,67-71,99H,10-20,24-28H2,1-9H3,(H,105,141)(H,106,142)(H,107,143)(H,108,144)(H,109,145)(H2,76,88,102)(H2,77,89,103)(H2,78,81,83)(H2,79,82,84)(H,92,100,104)(H3,80,90,91,101)/t37-,38-,39-,40-,41-,42-,43-,44-,48+,49+,50+,51+,52+,53?,54?,55?,56?,57?,67-,68-,69-,70-,71-,136?,137?,138?,139?,140?/m1/s1. The molecule has 10 unspecified atom stereocenters. The Morgan fingerprint density at radius 2 is 0.717 bits per heavy atom. The van der Waals surface area contributed by atoms with Crippen LogP contribution in [0.15, 0.2) is 74.2 Å². The van der Waals surface area contributed by atoms with Crippen molar-refractivity contribution in [3.05, 3.63) is 119 Å². The van der Waals surface area contributed by atoms with Crippen LogP contribution in [0.1, 0.15) is 67.4 Å². The first-order chi connectivity index (χ1) is 69.0. The number of methoxy groups -OCH3 is 5. The van der Waals surface area contributed by atoms with Crippen molar-refractivity contribution >= 4 is 155 Å². The molecule has 15 rings (SSSR count). The number of nitrogens with zero attached hydrogens (tertiary/aromatic N) is 16. The zero-order chi connectivity index (χ0) is 104. The van der Waals surface area contributed by atoms with Crippen LogP contribution in [0.2, 0.25) is 0 Å². The van der Waals surface area contributed by atoms with E-state index in [0.29, 0.717) is 11.2 Å². The molecule has 9 aromatic heterocycles. The molecular formula is C75H108N23O37P5S5. The molecule has 0 radical (unpaired) electrons. The number of ether oxygens (including phenoxy) is 16. The molecule has 0 bridgehead atoms. The highest BCUT2D eigenvalue weighted by atomic mass is 32.5. The number of rotatable bonds is 51. The summed E-state index contributed by atoms with van der Waals surface area (Å²) in [5, 5.41) is 12.0. The summed E-state index contributed by atoms with van der Waals surface area (Å²) in [6.07, 6.45) is -24.0. The lowest BCUT2D eigenvalue weighted by atomic mass is 10.1. The number of H-pyrrole nitrogens is 2. The van der Waals surface area contributed by atoms with Gasteiger partial charge in [0.2, 0.25) is 5.95 Å². The molecule has 145 heavy (non-hydrogen) atoms. The molecule has 28 atom stereocenters. The lowest BCUT2D eigenvalue weighted by Crippen LogP contribution is -2.42. The fraction of sp³-hybridized carbons (Fsp3) is 0.640. The zero-order valence-electron chi connectivity index (χ0n) is 78.4. The Hall–Kier alpha value is -7.14. The van der Waals surface area contributed by atoms with E-state index < -0.39 is 236 Å². The Morgan fingerprint density at radius 3 is 1.13 bits per heavy atom. The van der Waals surface area contributed by atoms with Crippen LogP contribution in [0.25, 0.3) is 33.5 Å². The summed E-state index contributed by atoms with van der Waals surface area (Å²) in [5.41, 5.74) is 27.2. The molecule has 0 aliphatic carbocycles. The summed E-state index contributed by atoms with van der Waals surface area (Å²) in [5.74, 6) is -0.559. The second-order valence-corrected chi connectivity index (χ2v) is 47.1. The van der Waals surface area contributed by atoms with Gasteiger partial charge in [-0.3, -0.25) is 65.1 Å². The molecule has 6 aliphatic heterocycles. The fourth-order valence-corrected chi connectivity index (χ4v) is 23.8. The van der Waals surface area contributed by atoms with Crippen molar-refractivity contribution < 1.29 is 151 Å². The van der Waals surface area contributed by atoms with Crippen LogP contribution < -0.4 is 56.9 Å². The van der Waals surface area contributed by atoms with Crippen LogP contribution in [0.5, 0.6) is 0 Å². The van der Waals surface area contributed by atoms with E-state index in [2.05, 4.69) is 59.8 Å². The number of aromatic amines is 2. The van der Waals surface area contributed by atoms with E-state index in [-0.39, 0.29) is 141 Å². The quantitative estimate of drug-likeness (QED) is 0.0146. The van der Waals surface area contributed by atoms with Crippen molar-refractivity contribution in [1.82, 2.24) is 87.2 Å². The van der Waals surface area contributed by atoms with Gasteiger partial charge >= 0.3 is 50.7 Å². The van der Waals surface area contributed by atoms with E-state index in [1.807, 2.05) is 0 Å². The van der Waals surface area contributed by atoms with Crippen LogP contribution in [-0.2, 0) is 180 Å². The lowest BCUT2D eigenvalue weighted by Gasteiger charge is -2.31. The summed E-state index contributed by atoms with van der Waals surface area (Å²) >= 11 is 29.0. The minimum Gasteiger partial charge on any atom is -0.387 e. The molecule has 800 valence electrons.